The zero-order chi connectivity index (χ0) is 25.8. The number of allylic oxidation sites excluding steroid dienone is 3. The van der Waals surface area contributed by atoms with Gasteiger partial charge in [-0.2, -0.15) is 0 Å². The molecule has 0 unspecified atom stereocenters. The maximum absolute atomic E-state index is 13.4. The van der Waals surface area contributed by atoms with Crippen molar-refractivity contribution in [3.8, 4) is 0 Å². The van der Waals surface area contributed by atoms with Crippen LogP contribution in [0.25, 0.3) is 16.3 Å². The van der Waals surface area contributed by atoms with E-state index in [2.05, 4.69) is 49.1 Å². The van der Waals surface area contributed by atoms with Crippen molar-refractivity contribution in [2.75, 3.05) is 57.0 Å². The van der Waals surface area contributed by atoms with Gasteiger partial charge < -0.3 is 15.1 Å². The lowest BCUT2D eigenvalue weighted by atomic mass is 9.87. The molecule has 3 aromatic rings. The summed E-state index contributed by atoms with van der Waals surface area (Å²) < 4.78 is 0. The van der Waals surface area contributed by atoms with E-state index in [1.807, 2.05) is 60.9 Å². The minimum atomic E-state index is -0.207. The number of nitrogens with zero attached hydrogens (tertiary/aromatic N) is 5. The predicted molar refractivity (Wildman–Crippen MR) is 154 cm³/mol. The fourth-order valence-corrected chi connectivity index (χ4v) is 5.07. The number of pyridine rings is 1. The van der Waals surface area contributed by atoms with Gasteiger partial charge in [0.1, 0.15) is 0 Å². The minimum Gasteiger partial charge on any atom is -0.369 e. The zero-order valence-electron chi connectivity index (χ0n) is 21.6. The molecular formula is C30H32N6O. The van der Waals surface area contributed by atoms with E-state index >= 15 is 0 Å². The van der Waals surface area contributed by atoms with Crippen molar-refractivity contribution in [2.24, 2.45) is 9.98 Å². The Hall–Kier alpha value is -4.10. The van der Waals surface area contributed by atoms with Gasteiger partial charge in [-0.3, -0.25) is 19.8 Å². The van der Waals surface area contributed by atoms with Crippen LogP contribution >= 0.6 is 0 Å². The van der Waals surface area contributed by atoms with Crippen LogP contribution in [0.5, 0.6) is 0 Å². The van der Waals surface area contributed by atoms with Gasteiger partial charge in [-0.25, -0.2) is 0 Å². The molecule has 0 spiro atoms. The Balaban J connectivity index is 1.42. The molecule has 0 bridgehead atoms. The number of amides is 1. The fourth-order valence-electron chi connectivity index (χ4n) is 5.07. The largest absolute Gasteiger partial charge is 0.369 e. The number of benzene rings is 2. The van der Waals surface area contributed by atoms with E-state index < -0.39 is 0 Å². The number of nitrogens with one attached hydrogen (secondary N) is 1. The van der Waals surface area contributed by atoms with Crippen LogP contribution in [0, 0.1) is 0 Å². The SMILES string of the molecule is CCN1CCN(c2cccc(NC(=O)C3=CC=C(c4cncc5ccccc45)C(=NC)C3=NC)c2)CC1. The Labute approximate surface area is 217 Å². The highest BCUT2D eigenvalue weighted by Gasteiger charge is 2.27. The zero-order valence-corrected chi connectivity index (χ0v) is 21.6. The van der Waals surface area contributed by atoms with Crippen LogP contribution in [-0.2, 0) is 4.79 Å². The molecule has 188 valence electrons. The molecule has 1 fully saturated rings. The minimum absolute atomic E-state index is 0.207. The fraction of sp³-hybridized carbons (Fsp3) is 0.267. The quantitative estimate of drug-likeness (QED) is 0.533. The number of aliphatic imine (C=N–C) groups is 2. The van der Waals surface area contributed by atoms with E-state index in [-0.39, 0.29) is 5.91 Å². The topological polar surface area (TPSA) is 73.2 Å². The lowest BCUT2D eigenvalue weighted by Gasteiger charge is -2.35. The third kappa shape index (κ3) is 4.95. The first-order valence-electron chi connectivity index (χ1n) is 12.7. The highest BCUT2D eigenvalue weighted by Crippen LogP contribution is 2.30. The Morgan fingerprint density at radius 1 is 0.946 bits per heavy atom. The number of piperazine rings is 1. The normalized spacial score (nSPS) is 18.7. The molecular weight excluding hydrogens is 460 g/mol. The van der Waals surface area contributed by atoms with Gasteiger partial charge in [0.25, 0.3) is 5.91 Å². The molecule has 0 saturated carbocycles. The number of aromatic nitrogens is 1. The van der Waals surface area contributed by atoms with Crippen LogP contribution in [0.3, 0.4) is 0 Å². The molecule has 1 saturated heterocycles. The van der Waals surface area contributed by atoms with Crippen molar-refractivity contribution in [3.05, 3.63) is 84.2 Å². The standard InChI is InChI=1S/C30H32N6O/c1-4-35-14-16-36(17-15-35)23-10-7-9-22(18-23)34-30(37)26-13-12-25(28(31-2)29(26)32-3)27-20-33-19-21-8-5-6-11-24(21)27/h5-13,18-20H,4,14-17H2,1-3H3,(H,34,37). The lowest BCUT2D eigenvalue weighted by molar-refractivity contribution is -0.112. The molecule has 5 rings (SSSR count). The van der Waals surface area contributed by atoms with Gasteiger partial charge in [0.15, 0.2) is 0 Å². The van der Waals surface area contributed by atoms with Gasteiger partial charge in [0.05, 0.1) is 17.0 Å². The van der Waals surface area contributed by atoms with Crippen molar-refractivity contribution in [2.45, 2.75) is 6.92 Å². The number of fused-ring (bicyclic) bond motifs is 1. The van der Waals surface area contributed by atoms with Gasteiger partial charge >= 0.3 is 0 Å². The Morgan fingerprint density at radius 2 is 1.73 bits per heavy atom. The van der Waals surface area contributed by atoms with Crippen molar-refractivity contribution in [3.63, 3.8) is 0 Å². The van der Waals surface area contributed by atoms with Crippen LogP contribution in [0.4, 0.5) is 11.4 Å². The number of anilines is 2. The summed E-state index contributed by atoms with van der Waals surface area (Å²) >= 11 is 0. The third-order valence-electron chi connectivity index (χ3n) is 7.09. The van der Waals surface area contributed by atoms with Gasteiger partial charge in [0.2, 0.25) is 0 Å². The smallest absolute Gasteiger partial charge is 0.257 e. The third-order valence-corrected chi connectivity index (χ3v) is 7.09. The van der Waals surface area contributed by atoms with E-state index in [9.17, 15) is 4.79 Å². The first-order chi connectivity index (χ1) is 18.1. The maximum atomic E-state index is 13.4. The van der Waals surface area contributed by atoms with Gasteiger partial charge in [-0.15, -0.1) is 0 Å². The van der Waals surface area contributed by atoms with Crippen molar-refractivity contribution in [1.29, 1.82) is 0 Å². The van der Waals surface area contributed by atoms with E-state index in [1.165, 1.54) is 0 Å². The van der Waals surface area contributed by atoms with E-state index in [1.54, 1.807) is 14.1 Å². The number of rotatable bonds is 5. The molecule has 1 aliphatic carbocycles. The van der Waals surface area contributed by atoms with Crippen LogP contribution in [0.15, 0.2) is 88.6 Å². The van der Waals surface area contributed by atoms with Gasteiger partial charge in [-0.1, -0.05) is 43.3 Å². The van der Waals surface area contributed by atoms with Crippen molar-refractivity contribution in [1.82, 2.24) is 9.88 Å². The molecule has 0 radical (unpaired) electrons. The number of hydrogen-bond donors (Lipinski definition) is 1. The first-order valence-corrected chi connectivity index (χ1v) is 12.7. The number of hydrogen-bond acceptors (Lipinski definition) is 6. The second-order valence-corrected chi connectivity index (χ2v) is 9.14. The summed E-state index contributed by atoms with van der Waals surface area (Å²) in [5, 5.41) is 5.22. The average molecular weight is 493 g/mol. The number of likely N-dealkylation sites (N-methyl/N-ethyl adjacent to an activating group) is 1. The highest BCUT2D eigenvalue weighted by atomic mass is 16.1. The first kappa shape index (κ1) is 24.6. The summed E-state index contributed by atoms with van der Waals surface area (Å²) in [6.07, 6.45) is 7.47. The van der Waals surface area contributed by atoms with Crippen LogP contribution in [-0.4, -0.2) is 74.0 Å². The number of carbonyl (C=O) groups excluding carboxylic acids is 1. The van der Waals surface area contributed by atoms with Gasteiger partial charge in [-0.05, 0) is 36.2 Å². The molecule has 2 aliphatic rings. The van der Waals surface area contributed by atoms with Gasteiger partial charge in [0, 0.05) is 80.6 Å². The summed E-state index contributed by atoms with van der Waals surface area (Å²) in [5.74, 6) is -0.207. The summed E-state index contributed by atoms with van der Waals surface area (Å²) in [6, 6.07) is 16.2. The monoisotopic (exact) mass is 492 g/mol. The summed E-state index contributed by atoms with van der Waals surface area (Å²) in [7, 11) is 3.43. The molecule has 0 atom stereocenters. The molecule has 1 aliphatic heterocycles. The van der Waals surface area contributed by atoms with Crippen LogP contribution < -0.4 is 10.2 Å². The van der Waals surface area contributed by atoms with Crippen LogP contribution in [0.1, 0.15) is 12.5 Å². The summed E-state index contributed by atoms with van der Waals surface area (Å²) in [4.78, 5) is 31.7. The lowest BCUT2D eigenvalue weighted by Crippen LogP contribution is -2.46. The Bertz CT molecular complexity index is 1440. The van der Waals surface area contributed by atoms with E-state index in [4.69, 9.17) is 0 Å². The van der Waals surface area contributed by atoms with E-state index in [0.717, 1.165) is 66.0 Å². The molecule has 37 heavy (non-hydrogen) atoms. The molecule has 1 N–H and O–H groups in total. The van der Waals surface area contributed by atoms with Crippen LogP contribution in [0.2, 0.25) is 0 Å². The van der Waals surface area contributed by atoms with Crippen molar-refractivity contribution >= 4 is 45.1 Å². The molecule has 2 heterocycles. The maximum Gasteiger partial charge on any atom is 0.257 e. The molecule has 1 aromatic heterocycles. The molecule has 2 aromatic carbocycles. The predicted octanol–water partition coefficient (Wildman–Crippen LogP) is 4.48. The molecule has 7 heteroatoms. The summed E-state index contributed by atoms with van der Waals surface area (Å²) in [5.41, 5.74) is 5.48. The Morgan fingerprint density at radius 3 is 2.49 bits per heavy atom. The highest BCUT2D eigenvalue weighted by molar-refractivity contribution is 6.66. The number of carbonyl (C=O) groups is 1. The second-order valence-electron chi connectivity index (χ2n) is 9.14. The van der Waals surface area contributed by atoms with Crippen molar-refractivity contribution < 1.29 is 4.79 Å². The molecule has 1 amide bonds. The van der Waals surface area contributed by atoms with E-state index in [0.29, 0.717) is 17.0 Å². The second kappa shape index (κ2) is 10.9. The summed E-state index contributed by atoms with van der Waals surface area (Å²) in [6.45, 7) is 7.35. The Kier molecular flexibility index (Phi) is 7.23. The average Bonchev–Trinajstić information content (AvgIpc) is 2.96. The molecule has 7 nitrogen and oxygen atoms in total.